The summed E-state index contributed by atoms with van der Waals surface area (Å²) in [7, 11) is 0. The number of rotatable bonds is 4. The van der Waals surface area contributed by atoms with Gasteiger partial charge in [-0.3, -0.25) is 4.90 Å². The van der Waals surface area contributed by atoms with E-state index in [-0.39, 0.29) is 0 Å². The normalized spacial score (nSPS) is 30.5. The lowest BCUT2D eigenvalue weighted by atomic mass is 9.70. The highest BCUT2D eigenvalue weighted by Gasteiger charge is 2.31. The third kappa shape index (κ3) is 3.48. The fraction of sp³-hybridized carbons (Fsp3) is 1.00. The first-order chi connectivity index (χ1) is 8.50. The van der Waals surface area contributed by atoms with Crippen molar-refractivity contribution in [3.63, 3.8) is 0 Å². The topological polar surface area (TPSA) is 15.3 Å². The molecule has 0 spiro atoms. The molecule has 0 aromatic rings. The zero-order valence-corrected chi connectivity index (χ0v) is 12.8. The SMILES string of the molecule is CCN(CC1CCC(C(C)(C)C)CC1)C1CNC1. The van der Waals surface area contributed by atoms with Gasteiger partial charge in [0.2, 0.25) is 0 Å². The van der Waals surface area contributed by atoms with Crippen molar-refractivity contribution in [3.05, 3.63) is 0 Å². The minimum absolute atomic E-state index is 0.521. The van der Waals surface area contributed by atoms with E-state index in [1.807, 2.05) is 0 Å². The van der Waals surface area contributed by atoms with Crippen LogP contribution in [0, 0.1) is 17.3 Å². The van der Waals surface area contributed by atoms with E-state index < -0.39 is 0 Å². The second kappa shape index (κ2) is 5.92. The fourth-order valence-corrected chi connectivity index (χ4v) is 3.61. The highest BCUT2D eigenvalue weighted by atomic mass is 15.2. The molecular formula is C16H32N2. The highest BCUT2D eigenvalue weighted by Crippen LogP contribution is 2.40. The van der Waals surface area contributed by atoms with Crippen LogP contribution < -0.4 is 5.32 Å². The standard InChI is InChI=1S/C16H32N2/c1-5-18(15-10-17-11-15)12-13-6-8-14(9-7-13)16(2,3)4/h13-15,17H,5-12H2,1-4H3. The summed E-state index contributed by atoms with van der Waals surface area (Å²) in [6.45, 7) is 14.6. The average Bonchev–Trinajstić information content (AvgIpc) is 2.25. The van der Waals surface area contributed by atoms with Crippen molar-refractivity contribution in [1.29, 1.82) is 0 Å². The zero-order valence-electron chi connectivity index (χ0n) is 12.8. The summed E-state index contributed by atoms with van der Waals surface area (Å²) >= 11 is 0. The molecule has 2 fully saturated rings. The van der Waals surface area contributed by atoms with Gasteiger partial charge >= 0.3 is 0 Å². The maximum atomic E-state index is 3.40. The first-order valence-electron chi connectivity index (χ1n) is 7.95. The molecule has 18 heavy (non-hydrogen) atoms. The fourth-order valence-electron chi connectivity index (χ4n) is 3.61. The molecule has 0 bridgehead atoms. The molecule has 106 valence electrons. The quantitative estimate of drug-likeness (QED) is 0.827. The number of nitrogens with zero attached hydrogens (tertiary/aromatic N) is 1. The van der Waals surface area contributed by atoms with Gasteiger partial charge in [-0.05, 0) is 49.5 Å². The van der Waals surface area contributed by atoms with Crippen LogP contribution in [0.3, 0.4) is 0 Å². The second-order valence-electron chi connectivity index (χ2n) is 7.48. The lowest BCUT2D eigenvalue weighted by molar-refractivity contribution is 0.0912. The molecule has 0 radical (unpaired) electrons. The van der Waals surface area contributed by atoms with Crippen LogP contribution in [0.25, 0.3) is 0 Å². The molecule has 0 aromatic carbocycles. The van der Waals surface area contributed by atoms with E-state index in [1.54, 1.807) is 0 Å². The lowest BCUT2D eigenvalue weighted by Crippen LogP contribution is -2.58. The van der Waals surface area contributed by atoms with E-state index >= 15 is 0 Å². The molecule has 1 saturated heterocycles. The first kappa shape index (κ1) is 14.3. The molecule has 1 aliphatic carbocycles. The van der Waals surface area contributed by atoms with Gasteiger partial charge in [0.05, 0.1) is 0 Å². The van der Waals surface area contributed by atoms with Gasteiger partial charge in [0, 0.05) is 25.7 Å². The van der Waals surface area contributed by atoms with Crippen molar-refractivity contribution in [1.82, 2.24) is 10.2 Å². The van der Waals surface area contributed by atoms with Crippen LogP contribution in [0.1, 0.15) is 53.4 Å². The summed E-state index contributed by atoms with van der Waals surface area (Å²) in [6.07, 6.45) is 5.82. The van der Waals surface area contributed by atoms with Crippen LogP contribution in [-0.4, -0.2) is 37.1 Å². The predicted molar refractivity (Wildman–Crippen MR) is 78.8 cm³/mol. The molecule has 1 aliphatic heterocycles. The molecule has 2 nitrogen and oxygen atoms in total. The largest absolute Gasteiger partial charge is 0.314 e. The minimum atomic E-state index is 0.521. The van der Waals surface area contributed by atoms with E-state index in [4.69, 9.17) is 0 Å². The maximum absolute atomic E-state index is 3.40. The van der Waals surface area contributed by atoms with Crippen molar-refractivity contribution in [2.75, 3.05) is 26.2 Å². The third-order valence-electron chi connectivity index (χ3n) is 5.25. The molecule has 0 aromatic heterocycles. The molecular weight excluding hydrogens is 220 g/mol. The summed E-state index contributed by atoms with van der Waals surface area (Å²) in [5, 5.41) is 3.40. The van der Waals surface area contributed by atoms with E-state index in [0.29, 0.717) is 5.41 Å². The Labute approximate surface area is 114 Å². The molecule has 1 heterocycles. The predicted octanol–water partition coefficient (Wildman–Crippen LogP) is 3.13. The molecule has 2 rings (SSSR count). The average molecular weight is 252 g/mol. The van der Waals surface area contributed by atoms with Gasteiger partial charge in [0.25, 0.3) is 0 Å². The third-order valence-corrected chi connectivity index (χ3v) is 5.25. The Morgan fingerprint density at radius 2 is 1.67 bits per heavy atom. The minimum Gasteiger partial charge on any atom is -0.314 e. The van der Waals surface area contributed by atoms with Crippen molar-refractivity contribution >= 4 is 0 Å². The van der Waals surface area contributed by atoms with Crippen LogP contribution in [0.2, 0.25) is 0 Å². The Balaban J connectivity index is 1.75. The van der Waals surface area contributed by atoms with E-state index in [0.717, 1.165) is 17.9 Å². The second-order valence-corrected chi connectivity index (χ2v) is 7.48. The van der Waals surface area contributed by atoms with Crippen molar-refractivity contribution < 1.29 is 0 Å². The van der Waals surface area contributed by atoms with E-state index in [9.17, 15) is 0 Å². The Morgan fingerprint density at radius 1 is 1.06 bits per heavy atom. The van der Waals surface area contributed by atoms with Gasteiger partial charge < -0.3 is 5.32 Å². The van der Waals surface area contributed by atoms with Gasteiger partial charge in [-0.1, -0.05) is 27.7 Å². The van der Waals surface area contributed by atoms with E-state index in [2.05, 4.69) is 37.9 Å². The summed E-state index contributed by atoms with van der Waals surface area (Å²) in [6, 6.07) is 0.829. The zero-order chi connectivity index (χ0) is 13.2. The van der Waals surface area contributed by atoms with Gasteiger partial charge in [0.15, 0.2) is 0 Å². The Hall–Kier alpha value is -0.0800. The number of likely N-dealkylation sites (N-methyl/N-ethyl adjacent to an activating group) is 1. The van der Waals surface area contributed by atoms with Crippen LogP contribution in [0.4, 0.5) is 0 Å². The molecule has 0 atom stereocenters. The number of nitrogens with one attached hydrogen (secondary N) is 1. The Morgan fingerprint density at radius 3 is 2.06 bits per heavy atom. The summed E-state index contributed by atoms with van der Waals surface area (Å²) < 4.78 is 0. The van der Waals surface area contributed by atoms with Crippen LogP contribution in [0.5, 0.6) is 0 Å². The molecule has 2 aliphatic rings. The lowest BCUT2D eigenvalue weighted by Gasteiger charge is -2.42. The molecule has 1 saturated carbocycles. The van der Waals surface area contributed by atoms with Gasteiger partial charge in [0.1, 0.15) is 0 Å². The Bertz CT molecular complexity index is 244. The summed E-state index contributed by atoms with van der Waals surface area (Å²) in [4.78, 5) is 2.71. The van der Waals surface area contributed by atoms with Crippen LogP contribution in [0.15, 0.2) is 0 Å². The Kier molecular flexibility index (Phi) is 4.71. The van der Waals surface area contributed by atoms with Gasteiger partial charge in [-0.15, -0.1) is 0 Å². The summed E-state index contributed by atoms with van der Waals surface area (Å²) in [5.41, 5.74) is 0.521. The van der Waals surface area contributed by atoms with Crippen molar-refractivity contribution in [2.45, 2.75) is 59.4 Å². The molecule has 0 amide bonds. The smallest absolute Gasteiger partial charge is 0.0345 e. The van der Waals surface area contributed by atoms with Gasteiger partial charge in [-0.25, -0.2) is 0 Å². The van der Waals surface area contributed by atoms with Crippen LogP contribution >= 0.6 is 0 Å². The number of hydrogen-bond acceptors (Lipinski definition) is 2. The first-order valence-corrected chi connectivity index (χ1v) is 7.95. The van der Waals surface area contributed by atoms with Crippen molar-refractivity contribution in [3.8, 4) is 0 Å². The molecule has 2 heteroatoms. The molecule has 1 N–H and O–H groups in total. The monoisotopic (exact) mass is 252 g/mol. The van der Waals surface area contributed by atoms with Gasteiger partial charge in [-0.2, -0.15) is 0 Å². The van der Waals surface area contributed by atoms with Crippen molar-refractivity contribution in [2.24, 2.45) is 17.3 Å². The number of hydrogen-bond donors (Lipinski definition) is 1. The maximum Gasteiger partial charge on any atom is 0.0345 e. The van der Waals surface area contributed by atoms with E-state index in [1.165, 1.54) is 51.9 Å². The van der Waals surface area contributed by atoms with Crippen LogP contribution in [-0.2, 0) is 0 Å². The summed E-state index contributed by atoms with van der Waals surface area (Å²) in [5.74, 6) is 1.92. The highest BCUT2D eigenvalue weighted by molar-refractivity contribution is 4.87. The molecule has 0 unspecified atom stereocenters.